The summed E-state index contributed by atoms with van der Waals surface area (Å²) in [4.78, 5) is 12.6. The number of hydrogen-bond donors (Lipinski definition) is 1. The molecule has 2 aromatic carbocycles. The summed E-state index contributed by atoms with van der Waals surface area (Å²) in [5, 5.41) is 7.20. The zero-order chi connectivity index (χ0) is 19.2. The van der Waals surface area contributed by atoms with Crippen LogP contribution in [0.2, 0.25) is 0 Å². The van der Waals surface area contributed by atoms with Crippen LogP contribution in [0.3, 0.4) is 0 Å². The van der Waals surface area contributed by atoms with Gasteiger partial charge in [0.25, 0.3) is 5.91 Å². The Morgan fingerprint density at radius 3 is 2.63 bits per heavy atom. The molecule has 0 aliphatic heterocycles. The molecule has 3 aromatic rings. The van der Waals surface area contributed by atoms with Crippen LogP contribution >= 0.6 is 15.9 Å². The van der Waals surface area contributed by atoms with E-state index in [0.717, 1.165) is 10.0 Å². The Labute approximate surface area is 166 Å². The van der Waals surface area contributed by atoms with Gasteiger partial charge in [-0.1, -0.05) is 28.1 Å². The Morgan fingerprint density at radius 1 is 1.15 bits per heavy atom. The van der Waals surface area contributed by atoms with Crippen LogP contribution < -0.4 is 14.8 Å². The number of amides is 1. The van der Waals surface area contributed by atoms with Crippen LogP contribution in [0, 0.1) is 0 Å². The number of hydrogen-bond acceptors (Lipinski definition) is 4. The maximum absolute atomic E-state index is 12.6. The Bertz CT molecular complexity index is 922. The number of anilines is 1. The van der Waals surface area contributed by atoms with Gasteiger partial charge < -0.3 is 14.8 Å². The molecule has 1 N–H and O–H groups in total. The largest absolute Gasteiger partial charge is 0.493 e. The fraction of sp³-hybridized carbons (Fsp3) is 0.200. The van der Waals surface area contributed by atoms with Crippen molar-refractivity contribution in [3.8, 4) is 11.5 Å². The lowest BCUT2D eigenvalue weighted by Gasteiger charge is -2.12. The number of nitrogens with zero attached hydrogens (tertiary/aromatic N) is 2. The molecule has 0 bridgehead atoms. The molecule has 0 saturated heterocycles. The minimum Gasteiger partial charge on any atom is -0.493 e. The number of rotatable bonds is 7. The molecule has 1 heterocycles. The van der Waals surface area contributed by atoms with E-state index in [0.29, 0.717) is 36.0 Å². The molecule has 7 heteroatoms. The summed E-state index contributed by atoms with van der Waals surface area (Å²) < 4.78 is 13.6. The van der Waals surface area contributed by atoms with Crippen molar-refractivity contribution in [1.82, 2.24) is 9.78 Å². The molecule has 0 saturated carbocycles. The van der Waals surface area contributed by atoms with E-state index in [2.05, 4.69) is 26.3 Å². The van der Waals surface area contributed by atoms with Gasteiger partial charge in [0.15, 0.2) is 11.5 Å². The lowest BCUT2D eigenvalue weighted by molar-refractivity contribution is 0.102. The molecule has 0 fully saturated rings. The number of aromatic nitrogens is 2. The second-order valence-electron chi connectivity index (χ2n) is 5.75. The Morgan fingerprint density at radius 2 is 1.93 bits per heavy atom. The fourth-order valence-corrected chi connectivity index (χ4v) is 2.86. The van der Waals surface area contributed by atoms with E-state index in [4.69, 9.17) is 9.47 Å². The van der Waals surface area contributed by atoms with Gasteiger partial charge in [-0.2, -0.15) is 5.10 Å². The van der Waals surface area contributed by atoms with Crippen molar-refractivity contribution in [2.75, 3.05) is 19.0 Å². The summed E-state index contributed by atoms with van der Waals surface area (Å²) in [6, 6.07) is 14.8. The predicted octanol–water partition coefficient (Wildman–Crippen LogP) is 4.35. The highest BCUT2D eigenvalue weighted by Crippen LogP contribution is 2.28. The Hall–Kier alpha value is -2.80. The van der Waals surface area contributed by atoms with Gasteiger partial charge in [0.1, 0.15) is 5.82 Å². The van der Waals surface area contributed by atoms with Gasteiger partial charge in [0.05, 0.1) is 26.5 Å². The minimum absolute atomic E-state index is 0.242. The van der Waals surface area contributed by atoms with E-state index >= 15 is 0 Å². The monoisotopic (exact) mass is 429 g/mol. The molecule has 3 rings (SSSR count). The van der Waals surface area contributed by atoms with Gasteiger partial charge >= 0.3 is 0 Å². The summed E-state index contributed by atoms with van der Waals surface area (Å²) in [5.41, 5.74) is 1.56. The Kier molecular flexibility index (Phi) is 6.13. The van der Waals surface area contributed by atoms with E-state index in [9.17, 15) is 4.79 Å². The molecule has 6 nitrogen and oxygen atoms in total. The molecular formula is C20H20BrN3O3. The van der Waals surface area contributed by atoms with Crippen LogP contribution in [0.1, 0.15) is 22.8 Å². The maximum Gasteiger partial charge on any atom is 0.256 e. The van der Waals surface area contributed by atoms with Crippen LogP contribution in [0.15, 0.2) is 59.2 Å². The predicted molar refractivity (Wildman–Crippen MR) is 108 cm³/mol. The molecule has 0 atom stereocenters. The Balaban J connectivity index is 1.75. The normalized spacial score (nSPS) is 10.5. The quantitative estimate of drug-likeness (QED) is 0.605. The number of nitrogens with one attached hydrogen (secondary N) is 1. The zero-order valence-electron chi connectivity index (χ0n) is 15.1. The van der Waals surface area contributed by atoms with Crippen LogP contribution in [0.25, 0.3) is 0 Å². The number of ether oxygens (including phenoxy) is 2. The number of halogens is 1. The van der Waals surface area contributed by atoms with E-state index in [1.807, 2.05) is 31.2 Å². The van der Waals surface area contributed by atoms with Crippen molar-refractivity contribution in [2.24, 2.45) is 0 Å². The third kappa shape index (κ3) is 4.68. The smallest absolute Gasteiger partial charge is 0.256 e. The number of carbonyl (C=O) groups is 1. The van der Waals surface area contributed by atoms with Crippen molar-refractivity contribution in [3.63, 3.8) is 0 Å². The summed E-state index contributed by atoms with van der Waals surface area (Å²) in [5.74, 6) is 1.51. The zero-order valence-corrected chi connectivity index (χ0v) is 16.7. The molecule has 140 valence electrons. The summed E-state index contributed by atoms with van der Waals surface area (Å²) in [6.07, 6.45) is 1.66. The average Bonchev–Trinajstić information content (AvgIpc) is 3.10. The van der Waals surface area contributed by atoms with E-state index in [-0.39, 0.29) is 5.91 Å². The van der Waals surface area contributed by atoms with Crippen LogP contribution in [0.5, 0.6) is 11.5 Å². The molecule has 0 aliphatic carbocycles. The maximum atomic E-state index is 12.6. The number of benzene rings is 2. The topological polar surface area (TPSA) is 65.4 Å². The van der Waals surface area contributed by atoms with Gasteiger partial charge in [0, 0.05) is 16.1 Å². The summed E-state index contributed by atoms with van der Waals surface area (Å²) >= 11 is 3.42. The highest BCUT2D eigenvalue weighted by molar-refractivity contribution is 9.10. The van der Waals surface area contributed by atoms with E-state index in [1.54, 1.807) is 42.3 Å². The van der Waals surface area contributed by atoms with Gasteiger partial charge in [-0.15, -0.1) is 0 Å². The molecular weight excluding hydrogens is 410 g/mol. The third-order valence-electron chi connectivity index (χ3n) is 3.93. The van der Waals surface area contributed by atoms with Crippen molar-refractivity contribution < 1.29 is 14.3 Å². The summed E-state index contributed by atoms with van der Waals surface area (Å²) in [7, 11) is 1.55. The molecule has 1 aromatic heterocycles. The van der Waals surface area contributed by atoms with Crippen LogP contribution in [-0.4, -0.2) is 29.4 Å². The first kappa shape index (κ1) is 19.0. The molecule has 0 aliphatic rings. The number of carbonyl (C=O) groups excluding carboxylic acids is 1. The van der Waals surface area contributed by atoms with Gasteiger partial charge in [0.2, 0.25) is 0 Å². The van der Waals surface area contributed by atoms with E-state index < -0.39 is 0 Å². The van der Waals surface area contributed by atoms with Crippen LogP contribution in [0.4, 0.5) is 5.82 Å². The molecule has 1 amide bonds. The lowest BCUT2D eigenvalue weighted by atomic mass is 10.2. The second-order valence-corrected chi connectivity index (χ2v) is 6.67. The standard InChI is InChI=1S/C20H20BrN3O3/c1-3-27-17-9-6-15(12-18(17)26-2)20(25)23-19-10-11-22-24(19)13-14-4-7-16(21)8-5-14/h4-12H,3,13H2,1-2H3,(H,23,25). The highest BCUT2D eigenvalue weighted by Gasteiger charge is 2.13. The fourth-order valence-electron chi connectivity index (χ4n) is 2.60. The number of methoxy groups -OCH3 is 1. The highest BCUT2D eigenvalue weighted by atomic mass is 79.9. The van der Waals surface area contributed by atoms with Crippen molar-refractivity contribution >= 4 is 27.7 Å². The second kappa shape index (κ2) is 8.73. The van der Waals surface area contributed by atoms with Crippen molar-refractivity contribution in [3.05, 3.63) is 70.3 Å². The van der Waals surface area contributed by atoms with Crippen molar-refractivity contribution in [2.45, 2.75) is 13.5 Å². The molecule has 27 heavy (non-hydrogen) atoms. The first-order valence-electron chi connectivity index (χ1n) is 8.49. The average molecular weight is 430 g/mol. The lowest BCUT2D eigenvalue weighted by Crippen LogP contribution is -2.16. The first-order valence-corrected chi connectivity index (χ1v) is 9.28. The first-order chi connectivity index (χ1) is 13.1. The van der Waals surface area contributed by atoms with Crippen molar-refractivity contribution in [1.29, 1.82) is 0 Å². The van der Waals surface area contributed by atoms with Gasteiger partial charge in [-0.3, -0.25) is 4.79 Å². The van der Waals surface area contributed by atoms with Gasteiger partial charge in [-0.25, -0.2) is 4.68 Å². The third-order valence-corrected chi connectivity index (χ3v) is 4.46. The summed E-state index contributed by atoms with van der Waals surface area (Å²) in [6.45, 7) is 2.98. The molecule has 0 radical (unpaired) electrons. The van der Waals surface area contributed by atoms with E-state index in [1.165, 1.54) is 0 Å². The SMILES string of the molecule is CCOc1ccc(C(=O)Nc2ccnn2Cc2ccc(Br)cc2)cc1OC. The molecule has 0 spiro atoms. The van der Waals surface area contributed by atoms with Gasteiger partial charge in [-0.05, 0) is 42.8 Å². The molecule has 0 unspecified atom stereocenters. The van der Waals surface area contributed by atoms with Crippen LogP contribution in [-0.2, 0) is 6.54 Å². The minimum atomic E-state index is -0.242.